The number of fused-ring (bicyclic) bond motifs is 1. The first-order valence-corrected chi connectivity index (χ1v) is 6.84. The first-order chi connectivity index (χ1) is 9.61. The molecule has 0 spiro atoms. The van der Waals surface area contributed by atoms with Gasteiger partial charge in [0.15, 0.2) is 5.65 Å². The molecule has 0 amide bonds. The molecule has 0 aliphatic carbocycles. The summed E-state index contributed by atoms with van der Waals surface area (Å²) in [5.41, 5.74) is 11.5. The smallest absolute Gasteiger partial charge is 0.202 e. The number of hydrogen-bond donors (Lipinski definition) is 1. The number of nitrogen functional groups attached to an aromatic ring is 1. The molecule has 0 aliphatic rings. The summed E-state index contributed by atoms with van der Waals surface area (Å²) in [5.74, 6) is 0.544. The standard InChI is InChI=1S/C15H19N5/c1-4-11-7-5-6-8-12(11)9-20-14-13(17-15(20)16)10(2)18-19(14)3/h5-8H,4,9H2,1-3H3,(H2,16,17). The van der Waals surface area contributed by atoms with Crippen molar-refractivity contribution < 1.29 is 0 Å². The minimum absolute atomic E-state index is 0.544. The fourth-order valence-electron chi connectivity index (χ4n) is 2.73. The third-order valence-electron chi connectivity index (χ3n) is 3.75. The van der Waals surface area contributed by atoms with Gasteiger partial charge in [0.2, 0.25) is 5.95 Å². The summed E-state index contributed by atoms with van der Waals surface area (Å²) in [7, 11) is 1.93. The Labute approximate surface area is 118 Å². The SMILES string of the molecule is CCc1ccccc1Cn1c(N)nc2c(C)nn(C)c21. The second-order valence-electron chi connectivity index (χ2n) is 5.06. The van der Waals surface area contributed by atoms with Crippen LogP contribution in [-0.2, 0) is 20.0 Å². The largest absolute Gasteiger partial charge is 0.369 e. The number of rotatable bonds is 3. The molecule has 2 aromatic heterocycles. The number of anilines is 1. The highest BCUT2D eigenvalue weighted by atomic mass is 15.3. The van der Waals surface area contributed by atoms with Crippen LogP contribution in [0.4, 0.5) is 5.95 Å². The number of aryl methyl sites for hydroxylation is 3. The zero-order chi connectivity index (χ0) is 14.3. The molecule has 2 N–H and O–H groups in total. The van der Waals surface area contributed by atoms with Gasteiger partial charge in [-0.2, -0.15) is 5.10 Å². The fourth-order valence-corrected chi connectivity index (χ4v) is 2.73. The van der Waals surface area contributed by atoms with Crippen LogP contribution in [0.2, 0.25) is 0 Å². The Kier molecular flexibility index (Phi) is 2.97. The van der Waals surface area contributed by atoms with Crippen LogP contribution in [0.1, 0.15) is 23.7 Å². The Balaban J connectivity index is 2.13. The molecule has 0 atom stereocenters. The molecule has 3 aromatic rings. The molecule has 0 saturated heterocycles. The zero-order valence-corrected chi connectivity index (χ0v) is 12.1. The number of hydrogen-bond acceptors (Lipinski definition) is 3. The average molecular weight is 269 g/mol. The molecule has 0 bridgehead atoms. The Morgan fingerprint density at radius 2 is 1.90 bits per heavy atom. The quantitative estimate of drug-likeness (QED) is 0.793. The van der Waals surface area contributed by atoms with E-state index in [1.807, 2.05) is 23.2 Å². The second-order valence-corrected chi connectivity index (χ2v) is 5.06. The summed E-state index contributed by atoms with van der Waals surface area (Å²) in [5, 5.41) is 4.41. The lowest BCUT2D eigenvalue weighted by Crippen LogP contribution is -2.09. The summed E-state index contributed by atoms with van der Waals surface area (Å²) < 4.78 is 3.88. The lowest BCUT2D eigenvalue weighted by molar-refractivity contribution is 0.723. The predicted octanol–water partition coefficient (Wildman–Crippen LogP) is 2.27. The van der Waals surface area contributed by atoms with Crippen molar-refractivity contribution in [2.75, 3.05) is 5.73 Å². The van der Waals surface area contributed by atoms with E-state index in [0.29, 0.717) is 5.95 Å². The molecule has 0 aliphatic heterocycles. The van der Waals surface area contributed by atoms with Crippen LogP contribution in [0.5, 0.6) is 0 Å². The van der Waals surface area contributed by atoms with Crippen LogP contribution in [0.15, 0.2) is 24.3 Å². The first-order valence-electron chi connectivity index (χ1n) is 6.84. The summed E-state index contributed by atoms with van der Waals surface area (Å²) in [6, 6.07) is 8.44. The number of aromatic nitrogens is 4. The van der Waals surface area contributed by atoms with Crippen LogP contribution in [0, 0.1) is 6.92 Å². The van der Waals surface area contributed by atoms with Crippen LogP contribution < -0.4 is 5.73 Å². The molecular weight excluding hydrogens is 250 g/mol. The number of nitrogens with zero attached hydrogens (tertiary/aromatic N) is 4. The van der Waals surface area contributed by atoms with E-state index in [2.05, 4.69) is 41.3 Å². The van der Waals surface area contributed by atoms with Crippen molar-refractivity contribution in [1.82, 2.24) is 19.3 Å². The lowest BCUT2D eigenvalue weighted by Gasteiger charge is -2.10. The number of nitrogens with two attached hydrogens (primary N) is 1. The van der Waals surface area contributed by atoms with Crippen molar-refractivity contribution in [2.45, 2.75) is 26.8 Å². The van der Waals surface area contributed by atoms with Crippen molar-refractivity contribution in [3.05, 3.63) is 41.1 Å². The van der Waals surface area contributed by atoms with Gasteiger partial charge in [-0.3, -0.25) is 9.25 Å². The van der Waals surface area contributed by atoms with Gasteiger partial charge in [-0.1, -0.05) is 31.2 Å². The highest BCUT2D eigenvalue weighted by Crippen LogP contribution is 2.22. The van der Waals surface area contributed by atoms with Crippen LogP contribution in [0.25, 0.3) is 11.2 Å². The summed E-state index contributed by atoms with van der Waals surface area (Å²) in [4.78, 5) is 4.44. The molecule has 104 valence electrons. The van der Waals surface area contributed by atoms with E-state index in [4.69, 9.17) is 5.73 Å². The zero-order valence-electron chi connectivity index (χ0n) is 12.1. The number of benzene rings is 1. The second kappa shape index (κ2) is 4.67. The van der Waals surface area contributed by atoms with Crippen molar-refractivity contribution in [3.8, 4) is 0 Å². The molecule has 0 fully saturated rings. The molecule has 1 aromatic carbocycles. The van der Waals surface area contributed by atoms with Gasteiger partial charge in [0.05, 0.1) is 12.2 Å². The van der Waals surface area contributed by atoms with Gasteiger partial charge in [-0.15, -0.1) is 0 Å². The van der Waals surface area contributed by atoms with Gasteiger partial charge in [0, 0.05) is 7.05 Å². The number of imidazole rings is 1. The van der Waals surface area contributed by atoms with E-state index in [1.54, 1.807) is 0 Å². The Hall–Kier alpha value is -2.30. The minimum atomic E-state index is 0.544. The molecule has 2 heterocycles. The van der Waals surface area contributed by atoms with Crippen molar-refractivity contribution in [3.63, 3.8) is 0 Å². The van der Waals surface area contributed by atoms with Crippen molar-refractivity contribution in [2.24, 2.45) is 7.05 Å². The molecular formula is C15H19N5. The van der Waals surface area contributed by atoms with E-state index in [1.165, 1.54) is 11.1 Å². The maximum atomic E-state index is 6.09. The van der Waals surface area contributed by atoms with Crippen molar-refractivity contribution in [1.29, 1.82) is 0 Å². The fraction of sp³-hybridized carbons (Fsp3) is 0.333. The molecule has 5 nitrogen and oxygen atoms in total. The molecule has 5 heteroatoms. The predicted molar refractivity (Wildman–Crippen MR) is 80.6 cm³/mol. The van der Waals surface area contributed by atoms with E-state index in [0.717, 1.165) is 29.8 Å². The Bertz CT molecular complexity index is 766. The van der Waals surface area contributed by atoms with Gasteiger partial charge in [-0.05, 0) is 24.5 Å². The third kappa shape index (κ3) is 1.86. The summed E-state index contributed by atoms with van der Waals surface area (Å²) >= 11 is 0. The van der Waals surface area contributed by atoms with Gasteiger partial charge >= 0.3 is 0 Å². The van der Waals surface area contributed by atoms with Gasteiger partial charge in [0.25, 0.3) is 0 Å². The molecule has 20 heavy (non-hydrogen) atoms. The van der Waals surface area contributed by atoms with Crippen LogP contribution >= 0.6 is 0 Å². The van der Waals surface area contributed by atoms with E-state index in [9.17, 15) is 0 Å². The van der Waals surface area contributed by atoms with Gasteiger partial charge in [0.1, 0.15) is 5.52 Å². The Morgan fingerprint density at radius 3 is 2.60 bits per heavy atom. The monoisotopic (exact) mass is 269 g/mol. The maximum absolute atomic E-state index is 6.09. The van der Waals surface area contributed by atoms with Crippen molar-refractivity contribution >= 4 is 17.1 Å². The molecule has 0 unspecified atom stereocenters. The average Bonchev–Trinajstić information content (AvgIpc) is 2.90. The van der Waals surface area contributed by atoms with Gasteiger partial charge < -0.3 is 5.73 Å². The molecule has 0 radical (unpaired) electrons. The highest BCUT2D eigenvalue weighted by molar-refractivity contribution is 5.77. The van der Waals surface area contributed by atoms with E-state index < -0.39 is 0 Å². The summed E-state index contributed by atoms with van der Waals surface area (Å²) in [6.07, 6.45) is 1.01. The topological polar surface area (TPSA) is 61.7 Å². The van der Waals surface area contributed by atoms with Crippen LogP contribution in [-0.4, -0.2) is 19.3 Å². The highest BCUT2D eigenvalue weighted by Gasteiger charge is 2.16. The Morgan fingerprint density at radius 1 is 1.20 bits per heavy atom. The van der Waals surface area contributed by atoms with E-state index >= 15 is 0 Å². The van der Waals surface area contributed by atoms with Gasteiger partial charge in [-0.25, -0.2) is 4.98 Å². The molecule has 0 saturated carbocycles. The van der Waals surface area contributed by atoms with Crippen LogP contribution in [0.3, 0.4) is 0 Å². The maximum Gasteiger partial charge on any atom is 0.202 e. The third-order valence-corrected chi connectivity index (χ3v) is 3.75. The lowest BCUT2D eigenvalue weighted by atomic mass is 10.1. The first kappa shape index (κ1) is 12.7. The molecule has 3 rings (SSSR count). The minimum Gasteiger partial charge on any atom is -0.369 e. The summed E-state index contributed by atoms with van der Waals surface area (Å²) in [6.45, 7) is 4.85. The van der Waals surface area contributed by atoms with E-state index in [-0.39, 0.29) is 0 Å². The normalized spacial score (nSPS) is 11.3.